The summed E-state index contributed by atoms with van der Waals surface area (Å²) in [5, 5.41) is 5.00. The number of fused-ring (bicyclic) bond motifs is 1. The Balaban J connectivity index is 1.98. The molecule has 0 saturated carbocycles. The van der Waals surface area contributed by atoms with Gasteiger partial charge < -0.3 is 14.8 Å². The van der Waals surface area contributed by atoms with E-state index in [-0.39, 0.29) is 5.91 Å². The van der Waals surface area contributed by atoms with Gasteiger partial charge in [-0.2, -0.15) is 0 Å². The van der Waals surface area contributed by atoms with E-state index in [1.54, 1.807) is 14.0 Å². The minimum Gasteiger partial charge on any atom is -0.481 e. The summed E-state index contributed by atoms with van der Waals surface area (Å²) in [4.78, 5) is 11.8. The summed E-state index contributed by atoms with van der Waals surface area (Å²) in [7, 11) is 1.60. The molecule has 0 spiro atoms. The van der Waals surface area contributed by atoms with Crippen molar-refractivity contribution >= 4 is 16.7 Å². The van der Waals surface area contributed by atoms with E-state index >= 15 is 0 Å². The van der Waals surface area contributed by atoms with E-state index in [0.717, 1.165) is 10.8 Å². The molecular formula is C16H19NO3. The second kappa shape index (κ2) is 6.91. The van der Waals surface area contributed by atoms with E-state index in [0.29, 0.717) is 18.9 Å². The summed E-state index contributed by atoms with van der Waals surface area (Å²) < 4.78 is 10.5. The Bertz CT molecular complexity index is 583. The van der Waals surface area contributed by atoms with Crippen molar-refractivity contribution < 1.29 is 14.3 Å². The smallest absolute Gasteiger partial charge is 0.260 e. The highest BCUT2D eigenvalue weighted by molar-refractivity contribution is 5.84. The molecule has 0 saturated heterocycles. The normalized spacial score (nSPS) is 12.1. The molecule has 4 nitrogen and oxygen atoms in total. The Labute approximate surface area is 118 Å². The average Bonchev–Trinajstić information content (AvgIpc) is 2.47. The van der Waals surface area contributed by atoms with Crippen molar-refractivity contribution in [1.82, 2.24) is 5.32 Å². The fourth-order valence-electron chi connectivity index (χ4n) is 1.92. The van der Waals surface area contributed by atoms with Gasteiger partial charge in [0.2, 0.25) is 0 Å². The monoisotopic (exact) mass is 273 g/mol. The Hall–Kier alpha value is -2.07. The minimum atomic E-state index is -0.534. The molecule has 0 aliphatic heterocycles. The lowest BCUT2D eigenvalue weighted by Gasteiger charge is -2.15. The first-order chi connectivity index (χ1) is 9.70. The molecular weight excluding hydrogens is 254 g/mol. The van der Waals surface area contributed by atoms with Gasteiger partial charge in [-0.3, -0.25) is 4.79 Å². The van der Waals surface area contributed by atoms with Gasteiger partial charge in [0.1, 0.15) is 5.75 Å². The molecule has 0 aliphatic carbocycles. The second-order valence-corrected chi connectivity index (χ2v) is 4.55. The van der Waals surface area contributed by atoms with Gasteiger partial charge in [0, 0.05) is 13.7 Å². The van der Waals surface area contributed by atoms with Crippen molar-refractivity contribution in [3.05, 3.63) is 42.5 Å². The Morgan fingerprint density at radius 3 is 2.70 bits per heavy atom. The third-order valence-corrected chi connectivity index (χ3v) is 3.01. The van der Waals surface area contributed by atoms with Crippen molar-refractivity contribution in [1.29, 1.82) is 0 Å². The van der Waals surface area contributed by atoms with Gasteiger partial charge in [-0.1, -0.05) is 30.3 Å². The van der Waals surface area contributed by atoms with Gasteiger partial charge in [-0.25, -0.2) is 0 Å². The topological polar surface area (TPSA) is 47.6 Å². The lowest BCUT2D eigenvalue weighted by molar-refractivity contribution is -0.127. The van der Waals surface area contributed by atoms with Crippen molar-refractivity contribution in [2.24, 2.45) is 0 Å². The van der Waals surface area contributed by atoms with Crippen LogP contribution in [0.3, 0.4) is 0 Å². The van der Waals surface area contributed by atoms with E-state index in [2.05, 4.69) is 5.32 Å². The number of hydrogen-bond acceptors (Lipinski definition) is 3. The van der Waals surface area contributed by atoms with Crippen molar-refractivity contribution in [3.63, 3.8) is 0 Å². The summed E-state index contributed by atoms with van der Waals surface area (Å²) in [6.45, 7) is 2.71. The molecule has 0 heterocycles. The molecule has 2 aromatic carbocycles. The average molecular weight is 273 g/mol. The van der Waals surface area contributed by atoms with Crippen LogP contribution in [0, 0.1) is 0 Å². The van der Waals surface area contributed by atoms with Crippen LogP contribution in [-0.4, -0.2) is 32.3 Å². The number of ether oxygens (including phenoxy) is 2. The van der Waals surface area contributed by atoms with E-state index in [4.69, 9.17) is 9.47 Å². The molecule has 0 aromatic heterocycles. The quantitative estimate of drug-likeness (QED) is 0.822. The highest BCUT2D eigenvalue weighted by Crippen LogP contribution is 2.21. The molecule has 4 heteroatoms. The predicted molar refractivity (Wildman–Crippen MR) is 78.9 cm³/mol. The van der Waals surface area contributed by atoms with Crippen LogP contribution < -0.4 is 10.1 Å². The van der Waals surface area contributed by atoms with Crippen LogP contribution in [0.2, 0.25) is 0 Å². The maximum Gasteiger partial charge on any atom is 0.260 e. The van der Waals surface area contributed by atoms with Crippen molar-refractivity contribution in [3.8, 4) is 5.75 Å². The molecule has 0 unspecified atom stereocenters. The number of amides is 1. The minimum absolute atomic E-state index is 0.143. The highest BCUT2D eigenvalue weighted by Gasteiger charge is 2.13. The van der Waals surface area contributed by atoms with Gasteiger partial charge in [0.25, 0.3) is 5.91 Å². The predicted octanol–water partition coefficient (Wildman–Crippen LogP) is 2.37. The van der Waals surface area contributed by atoms with Crippen molar-refractivity contribution in [2.75, 3.05) is 20.3 Å². The van der Waals surface area contributed by atoms with Crippen LogP contribution in [0.1, 0.15) is 6.92 Å². The summed E-state index contributed by atoms with van der Waals surface area (Å²) >= 11 is 0. The van der Waals surface area contributed by atoms with E-state index in [9.17, 15) is 4.79 Å². The summed E-state index contributed by atoms with van der Waals surface area (Å²) in [6, 6.07) is 13.8. The van der Waals surface area contributed by atoms with Crippen LogP contribution in [0.4, 0.5) is 0 Å². The third kappa shape index (κ3) is 3.71. The molecule has 1 atom stereocenters. The molecule has 20 heavy (non-hydrogen) atoms. The molecule has 0 fully saturated rings. The van der Waals surface area contributed by atoms with Crippen LogP contribution in [0.5, 0.6) is 5.75 Å². The lowest BCUT2D eigenvalue weighted by Crippen LogP contribution is -2.37. The third-order valence-electron chi connectivity index (χ3n) is 3.01. The highest BCUT2D eigenvalue weighted by atomic mass is 16.5. The van der Waals surface area contributed by atoms with Crippen molar-refractivity contribution in [2.45, 2.75) is 13.0 Å². The Kier molecular flexibility index (Phi) is 4.96. The summed E-state index contributed by atoms with van der Waals surface area (Å²) in [6.07, 6.45) is -0.534. The SMILES string of the molecule is COCCNC(=O)[C@@H](C)Oc1ccc2ccccc2c1. The van der Waals surface area contributed by atoms with E-state index < -0.39 is 6.10 Å². The number of nitrogens with one attached hydrogen (secondary N) is 1. The van der Waals surface area contributed by atoms with E-state index in [1.165, 1.54) is 0 Å². The summed E-state index contributed by atoms with van der Waals surface area (Å²) in [5.41, 5.74) is 0. The van der Waals surface area contributed by atoms with Crippen LogP contribution in [-0.2, 0) is 9.53 Å². The fraction of sp³-hybridized carbons (Fsp3) is 0.312. The van der Waals surface area contributed by atoms with Gasteiger partial charge >= 0.3 is 0 Å². The number of rotatable bonds is 6. The maximum atomic E-state index is 11.8. The number of methoxy groups -OCH3 is 1. The zero-order valence-corrected chi connectivity index (χ0v) is 11.8. The largest absolute Gasteiger partial charge is 0.481 e. The zero-order valence-electron chi connectivity index (χ0n) is 11.8. The Morgan fingerprint density at radius 2 is 1.95 bits per heavy atom. The van der Waals surface area contributed by atoms with Gasteiger partial charge in [0.05, 0.1) is 6.61 Å². The lowest BCUT2D eigenvalue weighted by atomic mass is 10.1. The molecule has 106 valence electrons. The van der Waals surface area contributed by atoms with Crippen LogP contribution in [0.15, 0.2) is 42.5 Å². The van der Waals surface area contributed by atoms with Gasteiger partial charge in [-0.15, -0.1) is 0 Å². The van der Waals surface area contributed by atoms with Crippen LogP contribution in [0.25, 0.3) is 10.8 Å². The number of carbonyl (C=O) groups excluding carboxylic acids is 1. The Morgan fingerprint density at radius 1 is 1.20 bits per heavy atom. The fourth-order valence-corrected chi connectivity index (χ4v) is 1.92. The summed E-state index contributed by atoms with van der Waals surface area (Å²) in [5.74, 6) is 0.549. The molecule has 0 radical (unpaired) electrons. The number of hydrogen-bond donors (Lipinski definition) is 1. The number of carbonyl (C=O) groups is 1. The molecule has 1 N–H and O–H groups in total. The first-order valence-corrected chi connectivity index (χ1v) is 6.63. The van der Waals surface area contributed by atoms with E-state index in [1.807, 2.05) is 42.5 Å². The van der Waals surface area contributed by atoms with Gasteiger partial charge in [-0.05, 0) is 29.8 Å². The second-order valence-electron chi connectivity index (χ2n) is 4.55. The first-order valence-electron chi connectivity index (χ1n) is 6.63. The van der Waals surface area contributed by atoms with Crippen LogP contribution >= 0.6 is 0 Å². The maximum absolute atomic E-state index is 11.8. The first kappa shape index (κ1) is 14.3. The van der Waals surface area contributed by atoms with Gasteiger partial charge in [0.15, 0.2) is 6.10 Å². The molecule has 0 bridgehead atoms. The molecule has 2 rings (SSSR count). The zero-order chi connectivity index (χ0) is 14.4. The molecule has 2 aromatic rings. The molecule has 0 aliphatic rings. The molecule has 1 amide bonds. The standard InChI is InChI=1S/C16H19NO3/c1-12(16(18)17-9-10-19-2)20-15-8-7-13-5-3-4-6-14(13)11-15/h3-8,11-12H,9-10H2,1-2H3,(H,17,18)/t12-/m1/s1. The number of benzene rings is 2.